The van der Waals surface area contributed by atoms with Crippen molar-refractivity contribution in [2.75, 3.05) is 6.54 Å². The van der Waals surface area contributed by atoms with Crippen LogP contribution in [0.2, 0.25) is 0 Å². The number of amides is 6. The molecule has 40 heavy (non-hydrogen) atoms. The second kappa shape index (κ2) is 10.7. The normalized spacial score (nSPS) is 25.6. The minimum absolute atomic E-state index is 0.0653. The van der Waals surface area contributed by atoms with Crippen LogP contribution in [-0.2, 0) is 24.0 Å². The molecule has 0 aromatic heterocycles. The number of nitrogens with two attached hydrogens (primary N) is 2. The van der Waals surface area contributed by atoms with Gasteiger partial charge in [0.25, 0.3) is 5.91 Å². The molecule has 12 nitrogen and oxygen atoms in total. The third-order valence-corrected chi connectivity index (χ3v) is 8.72. The lowest BCUT2D eigenvalue weighted by Gasteiger charge is -2.38. The smallest absolute Gasteiger partial charge is 0.316 e. The number of hydrogen-bond donors (Lipinski definition) is 5. The van der Waals surface area contributed by atoms with Crippen molar-refractivity contribution in [1.29, 1.82) is 0 Å². The molecular weight excluding hydrogens is 516 g/mol. The Morgan fingerprint density at radius 3 is 1.85 bits per heavy atom. The van der Waals surface area contributed by atoms with Crippen molar-refractivity contribution >= 4 is 35.4 Å². The van der Waals surface area contributed by atoms with Crippen molar-refractivity contribution in [2.24, 2.45) is 45.5 Å². The predicted octanol–water partition coefficient (Wildman–Crippen LogP) is 0.423. The molecule has 0 aromatic carbocycles. The van der Waals surface area contributed by atoms with Gasteiger partial charge in [0.2, 0.25) is 23.5 Å². The molecule has 1 unspecified atom stereocenters. The fraction of sp³-hybridized carbons (Fsp3) is 0.786. The molecule has 2 saturated carbocycles. The molecule has 6 amide bonds. The maximum Gasteiger partial charge on any atom is 0.316 e. The Bertz CT molecular complexity index is 1090. The van der Waals surface area contributed by atoms with Crippen LogP contribution in [0, 0.1) is 34.0 Å². The van der Waals surface area contributed by atoms with Gasteiger partial charge >= 0.3 is 6.03 Å². The van der Waals surface area contributed by atoms with Crippen LogP contribution in [-0.4, -0.2) is 71.1 Å². The summed E-state index contributed by atoms with van der Waals surface area (Å²) in [6.07, 6.45) is 2.15. The van der Waals surface area contributed by atoms with Crippen molar-refractivity contribution < 1.29 is 28.8 Å². The molecule has 0 radical (unpaired) electrons. The Hall–Kier alpha value is -3.18. The van der Waals surface area contributed by atoms with Crippen molar-refractivity contribution in [2.45, 2.75) is 98.8 Å². The van der Waals surface area contributed by atoms with Crippen LogP contribution < -0.4 is 27.4 Å². The number of carbonyl (C=O) groups excluding carboxylic acids is 6. The number of carbonyl (C=O) groups is 6. The molecule has 0 spiro atoms. The molecule has 3 rings (SSSR count). The molecule has 224 valence electrons. The van der Waals surface area contributed by atoms with Gasteiger partial charge in [0.05, 0.1) is 6.04 Å². The van der Waals surface area contributed by atoms with Gasteiger partial charge < -0.3 is 32.3 Å². The van der Waals surface area contributed by atoms with E-state index in [0.717, 1.165) is 12.8 Å². The Morgan fingerprint density at radius 1 is 0.875 bits per heavy atom. The zero-order valence-corrected chi connectivity index (χ0v) is 24.9. The van der Waals surface area contributed by atoms with Crippen LogP contribution in [0.1, 0.15) is 74.7 Å². The molecule has 1 heterocycles. The van der Waals surface area contributed by atoms with Gasteiger partial charge in [-0.25, -0.2) is 4.79 Å². The van der Waals surface area contributed by atoms with Crippen LogP contribution in [0.5, 0.6) is 0 Å². The first kappa shape index (κ1) is 31.3. The van der Waals surface area contributed by atoms with Gasteiger partial charge in [-0.2, -0.15) is 0 Å². The summed E-state index contributed by atoms with van der Waals surface area (Å²) in [5, 5.41) is 8.03. The molecule has 6 atom stereocenters. The number of hydrogen-bond acceptors (Lipinski definition) is 6. The molecule has 3 aliphatic rings. The molecule has 0 aromatic rings. The number of nitrogens with one attached hydrogen (secondary N) is 3. The highest BCUT2D eigenvalue weighted by Gasteiger charge is 2.70. The van der Waals surface area contributed by atoms with E-state index >= 15 is 0 Å². The number of ketones is 1. The summed E-state index contributed by atoms with van der Waals surface area (Å²) in [7, 11) is 0. The molecule has 12 heteroatoms. The van der Waals surface area contributed by atoms with Gasteiger partial charge in [-0.3, -0.25) is 24.0 Å². The van der Waals surface area contributed by atoms with E-state index in [1.165, 1.54) is 4.90 Å². The molecule has 3 fully saturated rings. The average molecular weight is 563 g/mol. The number of likely N-dealkylation sites (tertiary alicyclic amines) is 1. The highest BCUT2D eigenvalue weighted by molar-refractivity contribution is 6.37. The Balaban J connectivity index is 1.83. The molecule has 0 bridgehead atoms. The molecule has 7 N–H and O–H groups in total. The largest absolute Gasteiger partial charge is 0.368 e. The summed E-state index contributed by atoms with van der Waals surface area (Å²) in [6, 6.07) is -4.66. The van der Waals surface area contributed by atoms with E-state index in [0.29, 0.717) is 13.0 Å². The van der Waals surface area contributed by atoms with Crippen LogP contribution >= 0.6 is 0 Å². The number of urea groups is 1. The van der Waals surface area contributed by atoms with Gasteiger partial charge in [-0.1, -0.05) is 68.2 Å². The van der Waals surface area contributed by atoms with Crippen LogP contribution in [0.15, 0.2) is 0 Å². The third-order valence-electron chi connectivity index (χ3n) is 8.72. The first-order valence-corrected chi connectivity index (χ1v) is 14.0. The third kappa shape index (κ3) is 6.58. The summed E-state index contributed by atoms with van der Waals surface area (Å²) >= 11 is 0. The lowest BCUT2D eigenvalue weighted by atomic mass is 9.85. The minimum atomic E-state index is -1.11. The van der Waals surface area contributed by atoms with Gasteiger partial charge in [-0.05, 0) is 40.4 Å². The van der Waals surface area contributed by atoms with E-state index in [9.17, 15) is 28.8 Å². The van der Waals surface area contributed by atoms with E-state index in [1.54, 1.807) is 41.5 Å². The zero-order valence-electron chi connectivity index (χ0n) is 24.9. The van der Waals surface area contributed by atoms with Gasteiger partial charge in [0.1, 0.15) is 18.1 Å². The number of primary amides is 2. The number of fused-ring (bicyclic) bond motifs is 1. The van der Waals surface area contributed by atoms with Crippen molar-refractivity contribution in [1.82, 2.24) is 20.9 Å². The average Bonchev–Trinajstić information content (AvgIpc) is 3.65. The molecule has 2 aliphatic carbocycles. The number of piperidine rings is 1. The zero-order chi connectivity index (χ0) is 30.5. The maximum absolute atomic E-state index is 14.0. The molecule has 1 aliphatic heterocycles. The second-order valence-electron chi connectivity index (χ2n) is 14.5. The first-order valence-electron chi connectivity index (χ1n) is 14.0. The summed E-state index contributed by atoms with van der Waals surface area (Å²) in [5.74, 6) is -3.45. The number of nitrogens with zero attached hydrogens (tertiary/aromatic N) is 1. The summed E-state index contributed by atoms with van der Waals surface area (Å²) in [4.78, 5) is 78.3. The molecule has 1 saturated heterocycles. The van der Waals surface area contributed by atoms with Crippen molar-refractivity contribution in [3.05, 3.63) is 0 Å². The Labute approximate surface area is 236 Å². The number of rotatable bonds is 10. The topological polar surface area (TPSA) is 194 Å². The quantitative estimate of drug-likeness (QED) is 0.239. The SMILES string of the molecule is CC(C)(C)[C@H](NC(=O)N[C@H](C(=O)N1C[C@H]2[C@@H]([C@H]1C(=O)NC(CC1CC1)C(=O)C(N)=O)C2(C)C)C(C)(C)C)C(N)=O. The second-order valence-corrected chi connectivity index (χ2v) is 14.5. The number of Topliss-reactive ketones (excluding diaryl/α,β-unsaturated/α-hetero) is 1. The van der Waals surface area contributed by atoms with E-state index in [1.807, 2.05) is 13.8 Å². The Kier molecular flexibility index (Phi) is 8.36. The summed E-state index contributed by atoms with van der Waals surface area (Å²) in [5.41, 5.74) is 9.15. The van der Waals surface area contributed by atoms with Crippen LogP contribution in [0.3, 0.4) is 0 Å². The van der Waals surface area contributed by atoms with Gasteiger partial charge in [-0.15, -0.1) is 0 Å². The standard InChI is InChI=1S/C28H46N6O6/c1-26(2,3)19(22(30)37)32-25(40)33-20(27(4,5)6)24(39)34-12-14-16(28(14,7)8)17(34)23(38)31-15(11-13-9-10-13)18(35)21(29)36/h13-17,19-20H,9-12H2,1-8H3,(H2,29,36)(H2,30,37)(H,31,38)(H2,32,33,40)/t14-,15?,16-,17-,19+,20+/m0/s1. The Morgan fingerprint density at radius 2 is 1.40 bits per heavy atom. The highest BCUT2D eigenvalue weighted by atomic mass is 16.2. The molecular formula is C28H46N6O6. The first-order chi connectivity index (χ1) is 18.2. The fourth-order valence-corrected chi connectivity index (χ4v) is 5.99. The van der Waals surface area contributed by atoms with Gasteiger partial charge in [0.15, 0.2) is 0 Å². The maximum atomic E-state index is 14.0. The van der Waals surface area contributed by atoms with Crippen LogP contribution in [0.25, 0.3) is 0 Å². The predicted molar refractivity (Wildman–Crippen MR) is 147 cm³/mol. The fourth-order valence-electron chi connectivity index (χ4n) is 5.99. The minimum Gasteiger partial charge on any atom is -0.368 e. The lowest BCUT2D eigenvalue weighted by molar-refractivity contribution is -0.145. The summed E-state index contributed by atoms with van der Waals surface area (Å²) < 4.78 is 0. The monoisotopic (exact) mass is 562 g/mol. The van der Waals surface area contributed by atoms with E-state index in [-0.39, 0.29) is 23.2 Å². The van der Waals surface area contributed by atoms with Gasteiger partial charge in [0, 0.05) is 6.54 Å². The highest BCUT2D eigenvalue weighted by Crippen LogP contribution is 2.65. The van der Waals surface area contributed by atoms with Crippen molar-refractivity contribution in [3.8, 4) is 0 Å². The van der Waals surface area contributed by atoms with E-state index < -0.39 is 70.4 Å². The van der Waals surface area contributed by atoms with E-state index in [4.69, 9.17) is 11.5 Å². The lowest BCUT2D eigenvalue weighted by Crippen LogP contribution is -2.63. The summed E-state index contributed by atoms with van der Waals surface area (Å²) in [6.45, 7) is 15.0. The van der Waals surface area contributed by atoms with Crippen molar-refractivity contribution in [3.63, 3.8) is 0 Å². The van der Waals surface area contributed by atoms with E-state index in [2.05, 4.69) is 16.0 Å². The van der Waals surface area contributed by atoms with Crippen LogP contribution in [0.4, 0.5) is 4.79 Å².